The third-order valence-electron chi connectivity index (χ3n) is 3.65. The van der Waals surface area contributed by atoms with Crippen molar-refractivity contribution in [2.24, 2.45) is 0 Å². The monoisotopic (exact) mass is 235 g/mol. The van der Waals surface area contributed by atoms with Crippen LogP contribution in [-0.4, -0.2) is 29.9 Å². The molecule has 0 saturated heterocycles. The summed E-state index contributed by atoms with van der Waals surface area (Å²) >= 11 is 0. The molecule has 0 amide bonds. The van der Waals surface area contributed by atoms with Gasteiger partial charge in [-0.1, -0.05) is 18.2 Å². The van der Waals surface area contributed by atoms with Crippen LogP contribution in [0.5, 0.6) is 5.75 Å². The summed E-state index contributed by atoms with van der Waals surface area (Å²) < 4.78 is 5.63. The van der Waals surface area contributed by atoms with E-state index in [4.69, 9.17) is 4.74 Å². The zero-order valence-electron chi connectivity index (χ0n) is 10.7. The van der Waals surface area contributed by atoms with Gasteiger partial charge in [-0.15, -0.1) is 0 Å². The number of aliphatic hydroxyl groups is 1. The minimum Gasteiger partial charge on any atom is -0.493 e. The minimum absolute atomic E-state index is 0.266. The molecule has 0 radical (unpaired) electrons. The fraction of sp³-hybridized carbons (Fsp3) is 0.571. The molecule has 0 fully saturated rings. The second-order valence-electron chi connectivity index (χ2n) is 5.32. The van der Waals surface area contributed by atoms with E-state index in [-0.39, 0.29) is 11.6 Å². The third kappa shape index (κ3) is 2.61. The van der Waals surface area contributed by atoms with Crippen LogP contribution in [0, 0.1) is 0 Å². The van der Waals surface area contributed by atoms with Crippen LogP contribution in [0.1, 0.15) is 32.3 Å². The zero-order chi connectivity index (χ0) is 12.5. The largest absolute Gasteiger partial charge is 0.493 e. The number of hydrogen-bond donors (Lipinski definition) is 2. The van der Waals surface area contributed by atoms with Gasteiger partial charge in [0.2, 0.25) is 0 Å². The van der Waals surface area contributed by atoms with Crippen molar-refractivity contribution < 1.29 is 9.84 Å². The third-order valence-corrected chi connectivity index (χ3v) is 3.65. The molecule has 94 valence electrons. The lowest BCUT2D eigenvalue weighted by molar-refractivity contribution is 0.0950. The van der Waals surface area contributed by atoms with Crippen LogP contribution in [0.25, 0.3) is 0 Å². The van der Waals surface area contributed by atoms with Crippen LogP contribution >= 0.6 is 0 Å². The summed E-state index contributed by atoms with van der Waals surface area (Å²) in [6.07, 6.45) is -0.375. The Bertz CT molecular complexity index is 388. The van der Waals surface area contributed by atoms with Gasteiger partial charge in [-0.25, -0.2) is 0 Å². The first-order valence-electron chi connectivity index (χ1n) is 6.15. The molecule has 0 saturated carbocycles. The molecule has 2 unspecified atom stereocenters. The number of nitrogens with one attached hydrogen (secondary N) is 1. The highest BCUT2D eigenvalue weighted by Gasteiger charge is 2.28. The van der Waals surface area contributed by atoms with Gasteiger partial charge >= 0.3 is 0 Å². The van der Waals surface area contributed by atoms with Gasteiger partial charge in [0.25, 0.3) is 0 Å². The summed E-state index contributed by atoms with van der Waals surface area (Å²) in [5, 5.41) is 13.1. The highest BCUT2D eigenvalue weighted by molar-refractivity contribution is 5.39. The van der Waals surface area contributed by atoms with Crippen LogP contribution in [0.3, 0.4) is 0 Å². The molecular formula is C14H21NO2. The van der Waals surface area contributed by atoms with Crippen molar-refractivity contribution in [2.75, 3.05) is 13.2 Å². The fourth-order valence-electron chi connectivity index (χ4n) is 1.93. The van der Waals surface area contributed by atoms with Gasteiger partial charge in [0.15, 0.2) is 0 Å². The Balaban J connectivity index is 1.99. The van der Waals surface area contributed by atoms with Crippen molar-refractivity contribution >= 4 is 0 Å². The molecule has 2 rings (SSSR count). The van der Waals surface area contributed by atoms with Gasteiger partial charge in [-0.3, -0.25) is 0 Å². The standard InChI is InChI=1S/C14H21NO2/c1-10(16)14(2,3)15-8-11-9-17-13-7-5-4-6-12(11)13/h4-7,10-11,15-16H,8-9H2,1-3H3. The van der Waals surface area contributed by atoms with Gasteiger partial charge in [-0.05, 0) is 26.8 Å². The fourth-order valence-corrected chi connectivity index (χ4v) is 1.93. The van der Waals surface area contributed by atoms with Crippen molar-refractivity contribution in [2.45, 2.75) is 38.3 Å². The van der Waals surface area contributed by atoms with Gasteiger partial charge in [0.1, 0.15) is 5.75 Å². The molecular weight excluding hydrogens is 214 g/mol. The van der Waals surface area contributed by atoms with E-state index >= 15 is 0 Å². The maximum Gasteiger partial charge on any atom is 0.122 e. The summed E-state index contributed by atoms with van der Waals surface area (Å²) in [5.74, 6) is 1.37. The second kappa shape index (κ2) is 4.67. The Morgan fingerprint density at radius 2 is 2.18 bits per heavy atom. The van der Waals surface area contributed by atoms with Gasteiger partial charge in [-0.2, -0.15) is 0 Å². The lowest BCUT2D eigenvalue weighted by Crippen LogP contribution is -2.49. The summed E-state index contributed by atoms with van der Waals surface area (Å²) in [6.45, 7) is 7.39. The minimum atomic E-state index is -0.375. The molecule has 0 bridgehead atoms. The summed E-state index contributed by atoms with van der Waals surface area (Å²) in [4.78, 5) is 0. The van der Waals surface area contributed by atoms with Crippen LogP contribution in [-0.2, 0) is 0 Å². The Morgan fingerprint density at radius 1 is 1.47 bits per heavy atom. The maximum atomic E-state index is 9.66. The number of ether oxygens (including phenoxy) is 1. The van der Waals surface area contributed by atoms with Crippen molar-refractivity contribution in [1.29, 1.82) is 0 Å². The van der Waals surface area contributed by atoms with Gasteiger partial charge < -0.3 is 15.2 Å². The summed E-state index contributed by atoms with van der Waals surface area (Å²) in [7, 11) is 0. The van der Waals surface area contributed by atoms with Crippen LogP contribution in [0.2, 0.25) is 0 Å². The maximum absolute atomic E-state index is 9.66. The zero-order valence-corrected chi connectivity index (χ0v) is 10.7. The molecule has 0 aliphatic carbocycles. The predicted molar refractivity (Wildman–Crippen MR) is 68.4 cm³/mol. The Hall–Kier alpha value is -1.06. The van der Waals surface area contributed by atoms with E-state index < -0.39 is 0 Å². The van der Waals surface area contributed by atoms with Gasteiger partial charge in [0, 0.05) is 23.6 Å². The number of hydrogen-bond acceptors (Lipinski definition) is 3. The number of aliphatic hydroxyl groups excluding tert-OH is 1. The number of fused-ring (bicyclic) bond motifs is 1. The Labute approximate surface area is 103 Å². The van der Waals surface area contributed by atoms with Crippen LogP contribution in [0.15, 0.2) is 24.3 Å². The molecule has 17 heavy (non-hydrogen) atoms. The first-order chi connectivity index (χ1) is 8.00. The molecule has 2 N–H and O–H groups in total. The summed E-state index contributed by atoms with van der Waals surface area (Å²) in [5.41, 5.74) is 0.999. The van der Waals surface area contributed by atoms with Crippen LogP contribution < -0.4 is 10.1 Å². The number of benzene rings is 1. The molecule has 0 aromatic heterocycles. The SMILES string of the molecule is CC(O)C(C)(C)NCC1COc2ccccc21. The molecule has 0 spiro atoms. The van der Waals surface area contributed by atoms with E-state index in [0.717, 1.165) is 18.9 Å². The van der Waals surface area contributed by atoms with E-state index in [1.165, 1.54) is 5.56 Å². The van der Waals surface area contributed by atoms with E-state index in [2.05, 4.69) is 11.4 Å². The van der Waals surface area contributed by atoms with Crippen molar-refractivity contribution in [3.8, 4) is 5.75 Å². The van der Waals surface area contributed by atoms with E-state index in [9.17, 15) is 5.11 Å². The van der Waals surface area contributed by atoms with Crippen molar-refractivity contribution in [3.05, 3.63) is 29.8 Å². The average molecular weight is 235 g/mol. The lowest BCUT2D eigenvalue weighted by Gasteiger charge is -2.30. The van der Waals surface area contributed by atoms with Crippen molar-refractivity contribution in [1.82, 2.24) is 5.32 Å². The second-order valence-corrected chi connectivity index (χ2v) is 5.32. The molecule has 2 atom stereocenters. The molecule has 1 heterocycles. The highest BCUT2D eigenvalue weighted by atomic mass is 16.5. The first kappa shape index (κ1) is 12.4. The molecule has 3 nitrogen and oxygen atoms in total. The summed E-state index contributed by atoms with van der Waals surface area (Å²) in [6, 6.07) is 8.16. The van der Waals surface area contributed by atoms with E-state index in [1.807, 2.05) is 39.0 Å². The highest BCUT2D eigenvalue weighted by Crippen LogP contribution is 2.33. The van der Waals surface area contributed by atoms with E-state index in [1.54, 1.807) is 0 Å². The molecule has 1 aromatic carbocycles. The molecule has 1 aliphatic rings. The Kier molecular flexibility index (Phi) is 3.40. The molecule has 1 aromatic rings. The number of rotatable bonds is 4. The predicted octanol–water partition coefficient (Wildman–Crippen LogP) is 1.91. The smallest absolute Gasteiger partial charge is 0.122 e. The van der Waals surface area contributed by atoms with E-state index in [0.29, 0.717) is 5.92 Å². The van der Waals surface area contributed by atoms with Crippen molar-refractivity contribution in [3.63, 3.8) is 0 Å². The Morgan fingerprint density at radius 3 is 2.88 bits per heavy atom. The molecule has 1 aliphatic heterocycles. The quantitative estimate of drug-likeness (QED) is 0.837. The topological polar surface area (TPSA) is 41.5 Å². The van der Waals surface area contributed by atoms with Gasteiger partial charge in [0.05, 0.1) is 12.7 Å². The molecule has 3 heteroatoms. The average Bonchev–Trinajstić information content (AvgIpc) is 2.69. The normalized spacial score (nSPS) is 20.8. The number of para-hydroxylation sites is 1. The lowest BCUT2D eigenvalue weighted by atomic mass is 9.95. The van der Waals surface area contributed by atoms with Crippen LogP contribution in [0.4, 0.5) is 0 Å². The first-order valence-corrected chi connectivity index (χ1v) is 6.15.